The highest BCUT2D eigenvalue weighted by atomic mass is 16.5. The molecule has 0 aromatic heterocycles. The molecule has 1 N–H and O–H groups in total. The maximum atomic E-state index is 5.80. The van der Waals surface area contributed by atoms with Crippen LogP contribution >= 0.6 is 0 Å². The summed E-state index contributed by atoms with van der Waals surface area (Å²) in [6, 6.07) is 0. The third-order valence-corrected chi connectivity index (χ3v) is 5.19. The third kappa shape index (κ3) is 5.06. The first kappa shape index (κ1) is 17.0. The predicted molar refractivity (Wildman–Crippen MR) is 91.9 cm³/mol. The van der Waals surface area contributed by atoms with Gasteiger partial charge in [-0.1, -0.05) is 0 Å². The van der Waals surface area contributed by atoms with Crippen molar-refractivity contribution in [3.05, 3.63) is 0 Å². The summed E-state index contributed by atoms with van der Waals surface area (Å²) in [6.07, 6.45) is 5.24. The summed E-state index contributed by atoms with van der Waals surface area (Å²) < 4.78 is 11.3. The van der Waals surface area contributed by atoms with E-state index in [1.165, 1.54) is 32.2 Å². The zero-order valence-corrected chi connectivity index (χ0v) is 14.5. The molecule has 6 nitrogen and oxygen atoms in total. The highest BCUT2D eigenvalue weighted by molar-refractivity contribution is 5.80. The Morgan fingerprint density at radius 3 is 2.65 bits per heavy atom. The van der Waals surface area contributed by atoms with Crippen LogP contribution in [0.4, 0.5) is 0 Å². The van der Waals surface area contributed by atoms with Crippen molar-refractivity contribution in [2.45, 2.75) is 31.8 Å². The van der Waals surface area contributed by atoms with Gasteiger partial charge in [0, 0.05) is 59.5 Å². The van der Waals surface area contributed by atoms with Crippen LogP contribution in [0, 0.1) is 5.92 Å². The Morgan fingerprint density at radius 1 is 1.13 bits per heavy atom. The molecule has 3 saturated heterocycles. The number of nitrogens with zero attached hydrogens (tertiary/aromatic N) is 3. The van der Waals surface area contributed by atoms with E-state index in [2.05, 4.69) is 20.1 Å². The number of piperazine rings is 1. The van der Waals surface area contributed by atoms with E-state index in [1.54, 1.807) is 0 Å². The van der Waals surface area contributed by atoms with E-state index in [4.69, 9.17) is 9.47 Å². The summed E-state index contributed by atoms with van der Waals surface area (Å²) >= 11 is 0. The number of ether oxygens (including phenoxy) is 2. The number of nitrogens with one attached hydrogen (secondary N) is 1. The van der Waals surface area contributed by atoms with Gasteiger partial charge in [-0.2, -0.15) is 0 Å². The molecule has 3 fully saturated rings. The van der Waals surface area contributed by atoms with Gasteiger partial charge in [0.1, 0.15) is 0 Å². The largest absolute Gasteiger partial charge is 0.381 e. The fraction of sp³-hybridized carbons (Fsp3) is 0.941. The van der Waals surface area contributed by atoms with Gasteiger partial charge in [-0.25, -0.2) is 0 Å². The maximum absolute atomic E-state index is 5.80. The van der Waals surface area contributed by atoms with Gasteiger partial charge in [-0.3, -0.25) is 9.89 Å². The van der Waals surface area contributed by atoms with E-state index in [-0.39, 0.29) is 0 Å². The molecule has 0 spiro atoms. The van der Waals surface area contributed by atoms with E-state index < -0.39 is 0 Å². The molecule has 3 aliphatic heterocycles. The van der Waals surface area contributed by atoms with Gasteiger partial charge in [0.25, 0.3) is 0 Å². The van der Waals surface area contributed by atoms with Crippen molar-refractivity contribution in [3.8, 4) is 0 Å². The van der Waals surface area contributed by atoms with Crippen molar-refractivity contribution >= 4 is 5.96 Å². The molecule has 6 heteroatoms. The molecule has 23 heavy (non-hydrogen) atoms. The lowest BCUT2D eigenvalue weighted by Crippen LogP contribution is -2.54. The average molecular weight is 324 g/mol. The Bertz CT molecular complexity index is 371. The average Bonchev–Trinajstić information content (AvgIpc) is 3.11. The molecule has 3 rings (SSSR count). The first-order valence-corrected chi connectivity index (χ1v) is 9.22. The molecule has 2 atom stereocenters. The van der Waals surface area contributed by atoms with E-state index in [9.17, 15) is 0 Å². The van der Waals surface area contributed by atoms with Crippen LogP contribution in [-0.2, 0) is 9.47 Å². The molecule has 0 bridgehead atoms. The van der Waals surface area contributed by atoms with Crippen molar-refractivity contribution in [1.82, 2.24) is 15.1 Å². The molecule has 0 aromatic rings. The van der Waals surface area contributed by atoms with Gasteiger partial charge < -0.3 is 19.7 Å². The van der Waals surface area contributed by atoms with Gasteiger partial charge in [-0.15, -0.1) is 0 Å². The highest BCUT2D eigenvalue weighted by Gasteiger charge is 2.24. The second kappa shape index (κ2) is 8.85. The van der Waals surface area contributed by atoms with Gasteiger partial charge in [0.05, 0.1) is 12.7 Å². The standard InChI is InChI=1S/C17H32N4O2/c1-18-17(19-12-16-4-2-3-10-23-16)21-8-6-20(7-9-21)13-15-5-11-22-14-15/h15-16H,2-14H2,1H3,(H,18,19). The zero-order valence-electron chi connectivity index (χ0n) is 14.5. The van der Waals surface area contributed by atoms with Crippen LogP contribution in [0.2, 0.25) is 0 Å². The maximum Gasteiger partial charge on any atom is 0.193 e. The Hall–Kier alpha value is -0.850. The minimum atomic E-state index is 0.351. The Morgan fingerprint density at radius 2 is 2.00 bits per heavy atom. The molecule has 0 aromatic carbocycles. The second-order valence-corrected chi connectivity index (χ2v) is 6.93. The molecule has 0 radical (unpaired) electrons. The second-order valence-electron chi connectivity index (χ2n) is 6.93. The lowest BCUT2D eigenvalue weighted by Gasteiger charge is -2.37. The Labute approximate surface area is 140 Å². The van der Waals surface area contributed by atoms with Gasteiger partial charge in [-0.05, 0) is 31.6 Å². The number of hydrogen-bond acceptors (Lipinski definition) is 4. The Balaban J connectivity index is 1.38. The summed E-state index contributed by atoms with van der Waals surface area (Å²) in [5.74, 6) is 1.77. The molecular formula is C17H32N4O2. The molecule has 3 aliphatic rings. The molecule has 3 heterocycles. The van der Waals surface area contributed by atoms with Crippen molar-refractivity contribution < 1.29 is 9.47 Å². The SMILES string of the molecule is CN=C(NCC1CCCCO1)N1CCN(CC2CCOC2)CC1. The molecule has 0 aliphatic carbocycles. The predicted octanol–water partition coefficient (Wildman–Crippen LogP) is 0.785. The summed E-state index contributed by atoms with van der Waals surface area (Å²) in [4.78, 5) is 9.42. The number of aliphatic imine (C=N–C) groups is 1. The van der Waals surface area contributed by atoms with Crippen LogP contribution in [-0.4, -0.2) is 88.0 Å². The van der Waals surface area contributed by atoms with E-state index >= 15 is 0 Å². The van der Waals surface area contributed by atoms with Crippen molar-refractivity contribution in [1.29, 1.82) is 0 Å². The molecule has 132 valence electrons. The fourth-order valence-corrected chi connectivity index (χ4v) is 3.74. The molecule has 2 unspecified atom stereocenters. The minimum Gasteiger partial charge on any atom is -0.381 e. The first-order valence-electron chi connectivity index (χ1n) is 9.22. The normalized spacial score (nSPS) is 30.7. The molecular weight excluding hydrogens is 292 g/mol. The monoisotopic (exact) mass is 324 g/mol. The van der Waals surface area contributed by atoms with E-state index in [0.717, 1.165) is 64.4 Å². The number of rotatable bonds is 4. The third-order valence-electron chi connectivity index (χ3n) is 5.19. The Kier molecular flexibility index (Phi) is 6.54. The summed E-state index contributed by atoms with van der Waals surface area (Å²) in [5.41, 5.74) is 0. The van der Waals surface area contributed by atoms with Crippen LogP contribution < -0.4 is 5.32 Å². The van der Waals surface area contributed by atoms with Gasteiger partial charge >= 0.3 is 0 Å². The van der Waals surface area contributed by atoms with E-state index in [1.807, 2.05) is 7.05 Å². The molecule has 0 saturated carbocycles. The topological polar surface area (TPSA) is 49.3 Å². The van der Waals surface area contributed by atoms with Crippen LogP contribution in [0.3, 0.4) is 0 Å². The summed E-state index contributed by atoms with van der Waals surface area (Å²) in [5, 5.41) is 3.51. The fourth-order valence-electron chi connectivity index (χ4n) is 3.74. The zero-order chi connectivity index (χ0) is 15.9. The summed E-state index contributed by atoms with van der Waals surface area (Å²) in [6.45, 7) is 9.23. The van der Waals surface area contributed by atoms with Gasteiger partial charge in [0.2, 0.25) is 0 Å². The van der Waals surface area contributed by atoms with E-state index in [0.29, 0.717) is 6.10 Å². The van der Waals surface area contributed by atoms with Crippen LogP contribution in [0.25, 0.3) is 0 Å². The number of hydrogen-bond donors (Lipinski definition) is 1. The highest BCUT2D eigenvalue weighted by Crippen LogP contribution is 2.15. The lowest BCUT2D eigenvalue weighted by molar-refractivity contribution is 0.0189. The quantitative estimate of drug-likeness (QED) is 0.612. The van der Waals surface area contributed by atoms with Crippen LogP contribution in [0.15, 0.2) is 4.99 Å². The van der Waals surface area contributed by atoms with Crippen molar-refractivity contribution in [2.75, 3.05) is 66.1 Å². The van der Waals surface area contributed by atoms with Crippen LogP contribution in [0.5, 0.6) is 0 Å². The number of guanidine groups is 1. The van der Waals surface area contributed by atoms with Crippen molar-refractivity contribution in [3.63, 3.8) is 0 Å². The van der Waals surface area contributed by atoms with Crippen molar-refractivity contribution in [2.24, 2.45) is 10.9 Å². The lowest BCUT2D eigenvalue weighted by atomic mass is 10.1. The minimum absolute atomic E-state index is 0.351. The molecule has 0 amide bonds. The van der Waals surface area contributed by atoms with Crippen LogP contribution in [0.1, 0.15) is 25.7 Å². The summed E-state index contributed by atoms with van der Waals surface area (Å²) in [7, 11) is 1.88. The smallest absolute Gasteiger partial charge is 0.193 e. The van der Waals surface area contributed by atoms with Gasteiger partial charge in [0.15, 0.2) is 5.96 Å². The first-order chi connectivity index (χ1) is 11.3.